The van der Waals surface area contributed by atoms with Crippen LogP contribution in [0.5, 0.6) is 0 Å². The molecule has 0 aliphatic heterocycles. The zero-order valence-electron chi connectivity index (χ0n) is 12.8. The van der Waals surface area contributed by atoms with Crippen molar-refractivity contribution < 1.29 is 19.1 Å². The molecule has 1 rings (SSSR count). The quantitative estimate of drug-likeness (QED) is 0.523. The molecule has 0 radical (unpaired) electrons. The summed E-state index contributed by atoms with van der Waals surface area (Å²) >= 11 is 0. The first-order chi connectivity index (χ1) is 10.8. The summed E-state index contributed by atoms with van der Waals surface area (Å²) < 4.78 is 12.8. The number of hydrogen-bond acceptors (Lipinski definition) is 4. The number of aliphatic carboxylic acids is 1. The van der Waals surface area contributed by atoms with E-state index in [4.69, 9.17) is 10.4 Å². The number of nitrogens with one attached hydrogen (secondary N) is 2. The van der Waals surface area contributed by atoms with Crippen molar-refractivity contribution in [3.05, 3.63) is 47.4 Å². The zero-order valence-corrected chi connectivity index (χ0v) is 12.8. The Kier molecular flexibility index (Phi) is 6.74. The number of carbonyl (C=O) groups is 2. The molecule has 0 aromatic heterocycles. The lowest BCUT2D eigenvalue weighted by molar-refractivity contribution is -0.142. The van der Waals surface area contributed by atoms with Crippen molar-refractivity contribution in [2.24, 2.45) is 5.92 Å². The maximum atomic E-state index is 12.8. The van der Waals surface area contributed by atoms with E-state index in [0.29, 0.717) is 6.54 Å². The summed E-state index contributed by atoms with van der Waals surface area (Å²) in [5.74, 6) is -2.59. The van der Waals surface area contributed by atoms with Crippen molar-refractivity contribution in [3.63, 3.8) is 0 Å². The summed E-state index contributed by atoms with van der Waals surface area (Å²) in [6, 6.07) is 6.39. The average Bonchev–Trinajstić information content (AvgIpc) is 2.50. The molecule has 0 spiro atoms. The molecule has 1 aromatic carbocycles. The number of amides is 1. The Hall–Kier alpha value is -2.88. The number of rotatable bonds is 7. The number of carboxylic acids is 1. The van der Waals surface area contributed by atoms with Gasteiger partial charge in [-0.15, -0.1) is 0 Å². The van der Waals surface area contributed by atoms with Gasteiger partial charge in [0.2, 0.25) is 0 Å². The van der Waals surface area contributed by atoms with E-state index in [1.54, 1.807) is 32.0 Å². The van der Waals surface area contributed by atoms with E-state index in [1.165, 1.54) is 18.3 Å². The highest BCUT2D eigenvalue weighted by Gasteiger charge is 2.24. The van der Waals surface area contributed by atoms with Crippen LogP contribution >= 0.6 is 0 Å². The number of carbonyl (C=O) groups excluding carboxylic acids is 1. The Morgan fingerprint density at radius 1 is 1.35 bits per heavy atom. The number of halogens is 1. The second kappa shape index (κ2) is 8.54. The molecule has 23 heavy (non-hydrogen) atoms. The van der Waals surface area contributed by atoms with Crippen molar-refractivity contribution in [1.82, 2.24) is 10.6 Å². The van der Waals surface area contributed by atoms with Crippen LogP contribution in [0.3, 0.4) is 0 Å². The van der Waals surface area contributed by atoms with Gasteiger partial charge in [0.05, 0.1) is 0 Å². The summed E-state index contributed by atoms with van der Waals surface area (Å²) in [4.78, 5) is 23.0. The molecule has 6 nitrogen and oxygen atoms in total. The van der Waals surface area contributed by atoms with Crippen LogP contribution in [0.15, 0.2) is 36.0 Å². The van der Waals surface area contributed by atoms with E-state index in [0.717, 1.165) is 5.56 Å². The maximum absolute atomic E-state index is 12.8. The maximum Gasteiger partial charge on any atom is 0.326 e. The van der Waals surface area contributed by atoms with Gasteiger partial charge in [0.1, 0.15) is 23.5 Å². The summed E-state index contributed by atoms with van der Waals surface area (Å²) in [6.07, 6.45) is 1.21. The van der Waals surface area contributed by atoms with Crippen LogP contribution < -0.4 is 10.6 Å². The smallest absolute Gasteiger partial charge is 0.326 e. The predicted molar refractivity (Wildman–Crippen MR) is 81.3 cm³/mol. The van der Waals surface area contributed by atoms with Gasteiger partial charge in [0.15, 0.2) is 0 Å². The monoisotopic (exact) mass is 319 g/mol. The van der Waals surface area contributed by atoms with Crippen molar-refractivity contribution in [2.75, 3.05) is 0 Å². The SMILES string of the molecule is CC(C)C(NC(=O)/C(C#N)=C\NCc1ccc(F)cc1)C(=O)O. The van der Waals surface area contributed by atoms with E-state index in [2.05, 4.69) is 10.6 Å². The number of benzene rings is 1. The Morgan fingerprint density at radius 3 is 2.43 bits per heavy atom. The lowest BCUT2D eigenvalue weighted by atomic mass is 10.0. The van der Waals surface area contributed by atoms with Gasteiger partial charge in [-0.05, 0) is 23.6 Å². The molecule has 0 bridgehead atoms. The normalized spacial score (nSPS) is 12.4. The Bertz CT molecular complexity index is 633. The molecule has 0 aliphatic carbocycles. The highest BCUT2D eigenvalue weighted by atomic mass is 19.1. The lowest BCUT2D eigenvalue weighted by Crippen LogP contribution is -2.44. The van der Waals surface area contributed by atoms with E-state index in [1.807, 2.05) is 0 Å². The van der Waals surface area contributed by atoms with Crippen LogP contribution in [0, 0.1) is 23.1 Å². The number of hydrogen-bond donors (Lipinski definition) is 3. The topological polar surface area (TPSA) is 102 Å². The molecule has 1 aromatic rings. The molecule has 0 aliphatic rings. The molecule has 1 atom stereocenters. The van der Waals surface area contributed by atoms with Gasteiger partial charge in [0.25, 0.3) is 5.91 Å². The Morgan fingerprint density at radius 2 is 1.96 bits per heavy atom. The summed E-state index contributed by atoms with van der Waals surface area (Å²) in [5.41, 5.74) is 0.532. The third kappa shape index (κ3) is 5.79. The minimum atomic E-state index is -1.16. The second-order valence-corrected chi connectivity index (χ2v) is 5.21. The van der Waals surface area contributed by atoms with Crippen molar-refractivity contribution in [3.8, 4) is 6.07 Å². The van der Waals surface area contributed by atoms with Gasteiger partial charge in [-0.25, -0.2) is 9.18 Å². The van der Waals surface area contributed by atoms with Crippen molar-refractivity contribution in [2.45, 2.75) is 26.4 Å². The molecule has 0 saturated heterocycles. The summed E-state index contributed by atoms with van der Waals surface area (Å²) in [6.45, 7) is 3.61. The molecule has 122 valence electrons. The highest BCUT2D eigenvalue weighted by Crippen LogP contribution is 2.04. The number of nitrogens with zero attached hydrogens (tertiary/aromatic N) is 1. The molecule has 7 heteroatoms. The molecule has 0 fully saturated rings. The summed E-state index contributed by atoms with van der Waals surface area (Å²) in [7, 11) is 0. The fourth-order valence-corrected chi connectivity index (χ4v) is 1.75. The van der Waals surface area contributed by atoms with Crippen LogP contribution in [0.1, 0.15) is 19.4 Å². The first-order valence-electron chi connectivity index (χ1n) is 6.97. The van der Waals surface area contributed by atoms with Crippen LogP contribution in [0.4, 0.5) is 4.39 Å². The number of nitriles is 1. The van der Waals surface area contributed by atoms with Crippen molar-refractivity contribution in [1.29, 1.82) is 5.26 Å². The van der Waals surface area contributed by atoms with Gasteiger partial charge < -0.3 is 15.7 Å². The van der Waals surface area contributed by atoms with Crippen LogP contribution in [-0.4, -0.2) is 23.0 Å². The lowest BCUT2D eigenvalue weighted by Gasteiger charge is -2.17. The first kappa shape index (κ1) is 18.2. The van der Waals surface area contributed by atoms with Crippen LogP contribution in [0.25, 0.3) is 0 Å². The third-order valence-corrected chi connectivity index (χ3v) is 3.05. The predicted octanol–water partition coefficient (Wildman–Crippen LogP) is 1.55. The van der Waals surface area contributed by atoms with E-state index >= 15 is 0 Å². The minimum absolute atomic E-state index is 0.237. The van der Waals surface area contributed by atoms with Gasteiger partial charge >= 0.3 is 5.97 Å². The van der Waals surface area contributed by atoms with Crippen LogP contribution in [-0.2, 0) is 16.1 Å². The highest BCUT2D eigenvalue weighted by molar-refractivity contribution is 5.99. The third-order valence-electron chi connectivity index (χ3n) is 3.05. The number of carboxylic acid groups (broad SMARTS) is 1. The molecule has 3 N–H and O–H groups in total. The second-order valence-electron chi connectivity index (χ2n) is 5.21. The molecule has 0 saturated carbocycles. The van der Waals surface area contributed by atoms with Gasteiger partial charge in [-0.1, -0.05) is 26.0 Å². The average molecular weight is 319 g/mol. The molecule has 0 heterocycles. The first-order valence-corrected chi connectivity index (χ1v) is 6.97. The van der Waals surface area contributed by atoms with Crippen LogP contribution in [0.2, 0.25) is 0 Å². The molecule has 1 unspecified atom stereocenters. The van der Waals surface area contributed by atoms with Gasteiger partial charge in [-0.3, -0.25) is 4.79 Å². The molecule has 1 amide bonds. The van der Waals surface area contributed by atoms with Gasteiger partial charge in [-0.2, -0.15) is 5.26 Å². The van der Waals surface area contributed by atoms with E-state index in [-0.39, 0.29) is 17.3 Å². The fraction of sp³-hybridized carbons (Fsp3) is 0.312. The molecular weight excluding hydrogens is 301 g/mol. The zero-order chi connectivity index (χ0) is 17.4. The Labute approximate surface area is 133 Å². The van der Waals surface area contributed by atoms with Gasteiger partial charge in [0, 0.05) is 12.7 Å². The molecular formula is C16H18FN3O3. The summed E-state index contributed by atoms with van der Waals surface area (Å²) in [5, 5.41) is 23.1. The standard InChI is InChI=1S/C16H18FN3O3/c1-10(2)14(16(22)23)20-15(21)12(7-18)9-19-8-11-3-5-13(17)6-4-11/h3-6,9-10,14,19H,8H2,1-2H3,(H,20,21)(H,22,23)/b12-9-. The van der Waals surface area contributed by atoms with Crippen molar-refractivity contribution >= 4 is 11.9 Å². The Balaban J connectivity index is 2.67. The fourth-order valence-electron chi connectivity index (χ4n) is 1.75. The van der Waals surface area contributed by atoms with E-state index < -0.39 is 17.9 Å². The largest absolute Gasteiger partial charge is 0.480 e. The minimum Gasteiger partial charge on any atom is -0.480 e. The van der Waals surface area contributed by atoms with E-state index in [9.17, 15) is 14.0 Å².